The number of phenols is 1. The minimum Gasteiger partial charge on any atom is -0.505 e. The number of ether oxygens (including phenoxy) is 1. The summed E-state index contributed by atoms with van der Waals surface area (Å²) in [4.78, 5) is 7.97. The van der Waals surface area contributed by atoms with E-state index < -0.39 is 0 Å². The Morgan fingerprint density at radius 2 is 1.73 bits per heavy atom. The molecule has 2 aromatic heterocycles. The van der Waals surface area contributed by atoms with E-state index in [9.17, 15) is 5.11 Å². The zero-order valence-electron chi connectivity index (χ0n) is 19.1. The number of nitrogens with zero attached hydrogens (tertiary/aromatic N) is 1. The molecule has 0 spiro atoms. The average Bonchev–Trinajstić information content (AvgIpc) is 3.32. The van der Waals surface area contributed by atoms with Crippen LogP contribution in [0.25, 0.3) is 10.9 Å². The Kier molecular flexibility index (Phi) is 5.86. The van der Waals surface area contributed by atoms with E-state index in [1.165, 1.54) is 12.8 Å². The number of aromatic amines is 1. The second-order valence-corrected chi connectivity index (χ2v) is 8.95. The average molecular weight is 441 g/mol. The number of anilines is 1. The molecule has 3 N–H and O–H groups in total. The van der Waals surface area contributed by atoms with Crippen molar-refractivity contribution in [3.8, 4) is 11.5 Å². The van der Waals surface area contributed by atoms with Crippen molar-refractivity contribution < 1.29 is 14.8 Å². The molecule has 0 saturated heterocycles. The highest BCUT2D eigenvalue weighted by atomic mass is 16.5. The summed E-state index contributed by atoms with van der Waals surface area (Å²) in [6.07, 6.45) is 5.08. The van der Waals surface area contributed by atoms with Crippen molar-refractivity contribution in [3.05, 3.63) is 89.2 Å². The Morgan fingerprint density at radius 1 is 0.970 bits per heavy atom. The first kappa shape index (κ1) is 21.3. The van der Waals surface area contributed by atoms with Crippen molar-refractivity contribution in [2.24, 2.45) is 0 Å². The molecule has 33 heavy (non-hydrogen) atoms. The van der Waals surface area contributed by atoms with Gasteiger partial charge in [0.05, 0.1) is 11.8 Å². The normalized spacial score (nSPS) is 15.0. The largest absolute Gasteiger partial charge is 0.505 e. The Labute approximate surface area is 194 Å². The summed E-state index contributed by atoms with van der Waals surface area (Å²) in [7, 11) is 0. The van der Waals surface area contributed by atoms with Gasteiger partial charge in [-0.1, -0.05) is 30.3 Å². The lowest BCUT2D eigenvalue weighted by Gasteiger charge is -2.19. The molecule has 5 heteroatoms. The van der Waals surface area contributed by atoms with E-state index >= 15 is 0 Å². The maximum atomic E-state index is 11.2. The zero-order chi connectivity index (χ0) is 22.8. The van der Waals surface area contributed by atoms with E-state index in [1.54, 1.807) is 0 Å². The summed E-state index contributed by atoms with van der Waals surface area (Å²) in [6, 6.07) is 21.9. The van der Waals surface area contributed by atoms with Crippen LogP contribution in [0.1, 0.15) is 54.2 Å². The highest BCUT2D eigenvalue weighted by molar-refractivity contribution is 5.86. The van der Waals surface area contributed by atoms with Gasteiger partial charge in [-0.3, -0.25) is 5.32 Å². The van der Waals surface area contributed by atoms with Gasteiger partial charge in [0, 0.05) is 28.3 Å². The van der Waals surface area contributed by atoms with Crippen molar-refractivity contribution in [3.63, 3.8) is 0 Å². The molecule has 2 heterocycles. The van der Waals surface area contributed by atoms with Crippen LogP contribution in [-0.4, -0.2) is 16.2 Å². The molecule has 0 radical (unpaired) electrons. The number of pyridine rings is 2. The monoisotopic (exact) mass is 440 g/mol. The molecule has 0 aliphatic heterocycles. The Bertz CT molecular complexity index is 1260. The predicted molar refractivity (Wildman–Crippen MR) is 131 cm³/mol. The summed E-state index contributed by atoms with van der Waals surface area (Å²) in [5.74, 6) is 1.97. The fourth-order valence-corrected chi connectivity index (χ4v) is 4.62. The van der Waals surface area contributed by atoms with Crippen LogP contribution in [0.4, 0.5) is 5.82 Å². The molecule has 0 bridgehead atoms. The summed E-state index contributed by atoms with van der Waals surface area (Å²) < 4.78 is 6.16. The highest BCUT2D eigenvalue weighted by Gasteiger charge is 2.25. The topological polar surface area (TPSA) is 68.5 Å². The lowest BCUT2D eigenvalue weighted by Crippen LogP contribution is -2.20. The number of aromatic nitrogens is 2. The molecule has 168 valence electrons. The number of rotatable bonds is 6. The number of aromatic hydroxyl groups is 1. The minimum absolute atomic E-state index is 0.202. The molecule has 1 aliphatic rings. The molecule has 1 aliphatic carbocycles. The Hall–Kier alpha value is -3.60. The molecule has 1 fully saturated rings. The van der Waals surface area contributed by atoms with E-state index in [4.69, 9.17) is 4.74 Å². The molecule has 1 atom stereocenters. The molecule has 5 nitrogen and oxygen atoms in total. The van der Waals surface area contributed by atoms with Crippen LogP contribution in [0.5, 0.6) is 11.5 Å². The fraction of sp³-hybridized carbons (Fsp3) is 0.286. The van der Waals surface area contributed by atoms with Gasteiger partial charge in [-0.15, -0.1) is 0 Å². The number of hydrogen-bond acceptors (Lipinski definition) is 4. The van der Waals surface area contributed by atoms with Gasteiger partial charge in [-0.25, -0.2) is 9.97 Å². The molecule has 5 rings (SSSR count). The van der Waals surface area contributed by atoms with Crippen LogP contribution < -0.4 is 15.0 Å². The third-order valence-electron chi connectivity index (χ3n) is 6.38. The van der Waals surface area contributed by atoms with Crippen LogP contribution in [0.3, 0.4) is 0 Å². The van der Waals surface area contributed by atoms with Gasteiger partial charge in [0.15, 0.2) is 0 Å². The molecule has 0 amide bonds. The summed E-state index contributed by atoms with van der Waals surface area (Å²) in [5.41, 5.74) is 4.36. The number of phenolic OH excluding ortho intramolecular Hbond substituents is 1. The Balaban J connectivity index is 1.53. The first-order valence-electron chi connectivity index (χ1n) is 11.7. The van der Waals surface area contributed by atoms with E-state index in [1.807, 2.05) is 68.4 Å². The number of benzene rings is 2. The van der Waals surface area contributed by atoms with Gasteiger partial charge in [0.25, 0.3) is 5.82 Å². The van der Waals surface area contributed by atoms with Crippen molar-refractivity contribution in [2.75, 3.05) is 5.32 Å². The Morgan fingerprint density at radius 3 is 2.48 bits per heavy atom. The number of aryl methyl sites for hydroxylation is 2. The fourth-order valence-electron chi connectivity index (χ4n) is 4.62. The first-order chi connectivity index (χ1) is 16.1. The number of fused-ring (bicyclic) bond motifs is 1. The molecule has 0 unspecified atom stereocenters. The quantitative estimate of drug-likeness (QED) is 0.392. The van der Waals surface area contributed by atoms with Crippen LogP contribution in [0.2, 0.25) is 0 Å². The standard InChI is InChI=1S/C28H29N3O2/c1-18-6-5-9-25(29-18)31-26(20-12-15-23(16-13-20)33-22-7-3-4-8-22)24-17-14-21-11-10-19(2)30-27(21)28(24)32/h5-6,9-17,22,26,32H,3-4,7-8H2,1-2H3,(H,29,31)/p+1/t26-/m0/s1. The van der Waals surface area contributed by atoms with Gasteiger partial charge in [0.2, 0.25) is 0 Å². The lowest BCUT2D eigenvalue weighted by molar-refractivity contribution is -0.371. The number of H-pyrrole nitrogens is 1. The third-order valence-corrected chi connectivity index (χ3v) is 6.38. The lowest BCUT2D eigenvalue weighted by atomic mass is 9.96. The smallest absolute Gasteiger partial charge is 0.273 e. The summed E-state index contributed by atoms with van der Waals surface area (Å²) in [6.45, 7) is 3.96. The number of nitrogens with one attached hydrogen (secondary N) is 2. The molecule has 1 saturated carbocycles. The molecule has 2 aromatic carbocycles. The summed E-state index contributed by atoms with van der Waals surface area (Å²) >= 11 is 0. The minimum atomic E-state index is -0.268. The van der Waals surface area contributed by atoms with Crippen LogP contribution >= 0.6 is 0 Å². The van der Waals surface area contributed by atoms with Crippen molar-refractivity contribution >= 4 is 16.7 Å². The third kappa shape index (κ3) is 4.63. The van der Waals surface area contributed by atoms with Gasteiger partial charge in [0.1, 0.15) is 23.1 Å². The van der Waals surface area contributed by atoms with E-state index in [2.05, 4.69) is 27.4 Å². The van der Waals surface area contributed by atoms with Crippen molar-refractivity contribution in [1.82, 2.24) is 4.98 Å². The van der Waals surface area contributed by atoms with Gasteiger partial charge in [-0.2, -0.15) is 0 Å². The number of hydrogen-bond donors (Lipinski definition) is 2. The van der Waals surface area contributed by atoms with E-state index in [0.717, 1.165) is 52.3 Å². The second kappa shape index (κ2) is 9.10. The first-order valence-corrected chi connectivity index (χ1v) is 11.7. The van der Waals surface area contributed by atoms with Gasteiger partial charge < -0.3 is 9.84 Å². The van der Waals surface area contributed by atoms with E-state index in [0.29, 0.717) is 11.6 Å². The van der Waals surface area contributed by atoms with Crippen LogP contribution in [-0.2, 0) is 0 Å². The van der Waals surface area contributed by atoms with Crippen LogP contribution in [0.15, 0.2) is 66.7 Å². The predicted octanol–water partition coefficient (Wildman–Crippen LogP) is 5.89. The zero-order valence-corrected chi connectivity index (χ0v) is 19.1. The van der Waals surface area contributed by atoms with Crippen molar-refractivity contribution in [1.29, 1.82) is 0 Å². The van der Waals surface area contributed by atoms with Gasteiger partial charge >= 0.3 is 0 Å². The maximum absolute atomic E-state index is 11.2. The molecule has 4 aromatic rings. The highest BCUT2D eigenvalue weighted by Crippen LogP contribution is 2.37. The molecular formula is C28H30N3O2+. The molecular weight excluding hydrogens is 410 g/mol. The second-order valence-electron chi connectivity index (χ2n) is 8.95. The van der Waals surface area contributed by atoms with Crippen LogP contribution in [0, 0.1) is 13.8 Å². The maximum Gasteiger partial charge on any atom is 0.273 e. The van der Waals surface area contributed by atoms with Crippen molar-refractivity contribution in [2.45, 2.75) is 51.7 Å². The van der Waals surface area contributed by atoms with E-state index in [-0.39, 0.29) is 11.8 Å². The SMILES string of the molecule is Cc1ccc2ccc([C@@H](Nc3cccc(C)[nH+]3)c3ccc(OC4CCCC4)cc3)c(O)c2n1. The summed E-state index contributed by atoms with van der Waals surface area (Å²) in [5, 5.41) is 15.7. The van der Waals surface area contributed by atoms with Gasteiger partial charge in [-0.05, 0) is 69.9 Å².